The van der Waals surface area contributed by atoms with Crippen LogP contribution in [0.15, 0.2) is 30.3 Å². The summed E-state index contributed by atoms with van der Waals surface area (Å²) < 4.78 is 0. The van der Waals surface area contributed by atoms with Crippen LogP contribution in [-0.4, -0.2) is 54.6 Å². The van der Waals surface area contributed by atoms with Gasteiger partial charge in [-0.05, 0) is 38.4 Å². The van der Waals surface area contributed by atoms with Crippen molar-refractivity contribution in [1.82, 2.24) is 15.1 Å². The van der Waals surface area contributed by atoms with Crippen molar-refractivity contribution in [1.29, 1.82) is 0 Å². The summed E-state index contributed by atoms with van der Waals surface area (Å²) in [5.41, 5.74) is 1.45. The highest BCUT2D eigenvalue weighted by Gasteiger charge is 2.28. The summed E-state index contributed by atoms with van der Waals surface area (Å²) in [6, 6.07) is 12.4. The molecule has 3 heteroatoms. The third kappa shape index (κ3) is 3.40. The summed E-state index contributed by atoms with van der Waals surface area (Å²) in [7, 11) is 0. The lowest BCUT2D eigenvalue weighted by Crippen LogP contribution is -2.56. The number of likely N-dealkylation sites (tertiary alicyclic amines) is 1. The zero-order chi connectivity index (χ0) is 13.8. The fourth-order valence-electron chi connectivity index (χ4n) is 3.65. The van der Waals surface area contributed by atoms with E-state index in [4.69, 9.17) is 0 Å². The normalized spacial score (nSPS) is 26.8. The molecule has 1 aromatic carbocycles. The van der Waals surface area contributed by atoms with E-state index in [-0.39, 0.29) is 0 Å². The molecule has 3 nitrogen and oxygen atoms in total. The van der Waals surface area contributed by atoms with Crippen molar-refractivity contribution in [3.8, 4) is 0 Å². The summed E-state index contributed by atoms with van der Waals surface area (Å²) >= 11 is 0. The highest BCUT2D eigenvalue weighted by molar-refractivity contribution is 5.14. The topological polar surface area (TPSA) is 18.5 Å². The van der Waals surface area contributed by atoms with Crippen LogP contribution in [0.1, 0.15) is 25.3 Å². The molecule has 0 saturated carbocycles. The second kappa shape index (κ2) is 6.70. The van der Waals surface area contributed by atoms with Crippen LogP contribution in [-0.2, 0) is 6.54 Å². The molecule has 2 aliphatic rings. The molecule has 0 amide bonds. The van der Waals surface area contributed by atoms with Crippen LogP contribution in [0.2, 0.25) is 0 Å². The number of nitrogens with one attached hydrogen (secondary N) is 1. The van der Waals surface area contributed by atoms with E-state index >= 15 is 0 Å². The van der Waals surface area contributed by atoms with Crippen LogP contribution in [0.4, 0.5) is 0 Å². The number of rotatable bonds is 3. The Kier molecular flexibility index (Phi) is 4.71. The van der Waals surface area contributed by atoms with Gasteiger partial charge in [-0.25, -0.2) is 0 Å². The second-order valence-electron chi connectivity index (χ2n) is 6.28. The quantitative estimate of drug-likeness (QED) is 0.908. The first-order valence-electron chi connectivity index (χ1n) is 8.05. The van der Waals surface area contributed by atoms with Crippen molar-refractivity contribution in [3.05, 3.63) is 35.9 Å². The Morgan fingerprint density at radius 3 is 2.55 bits per heavy atom. The van der Waals surface area contributed by atoms with Gasteiger partial charge >= 0.3 is 0 Å². The lowest BCUT2D eigenvalue weighted by molar-refractivity contribution is 0.0626. The van der Waals surface area contributed by atoms with Crippen LogP contribution < -0.4 is 5.32 Å². The highest BCUT2D eigenvalue weighted by Crippen LogP contribution is 2.21. The van der Waals surface area contributed by atoms with E-state index in [0.717, 1.165) is 25.7 Å². The largest absolute Gasteiger partial charge is 0.314 e. The monoisotopic (exact) mass is 273 g/mol. The average molecular weight is 273 g/mol. The van der Waals surface area contributed by atoms with Crippen LogP contribution in [0.5, 0.6) is 0 Å². The molecule has 20 heavy (non-hydrogen) atoms. The molecule has 0 aliphatic carbocycles. The first-order valence-corrected chi connectivity index (χ1v) is 8.05. The zero-order valence-corrected chi connectivity index (χ0v) is 12.6. The maximum atomic E-state index is 3.49. The van der Waals surface area contributed by atoms with Gasteiger partial charge in [-0.2, -0.15) is 0 Å². The summed E-state index contributed by atoms with van der Waals surface area (Å²) in [4.78, 5) is 5.34. The lowest BCUT2D eigenvalue weighted by Gasteiger charge is -2.43. The molecule has 1 N–H and O–H groups in total. The minimum Gasteiger partial charge on any atom is -0.314 e. The average Bonchev–Trinajstić information content (AvgIpc) is 2.50. The number of piperidine rings is 1. The Morgan fingerprint density at radius 1 is 1.10 bits per heavy atom. The SMILES string of the molecule is CC1CNCCN1C1CCN(Cc2ccccc2)CC1. The summed E-state index contributed by atoms with van der Waals surface area (Å²) in [5.74, 6) is 0. The van der Waals surface area contributed by atoms with E-state index in [9.17, 15) is 0 Å². The van der Waals surface area contributed by atoms with Crippen molar-refractivity contribution >= 4 is 0 Å². The first kappa shape index (κ1) is 14.1. The van der Waals surface area contributed by atoms with Gasteiger partial charge in [0.25, 0.3) is 0 Å². The molecule has 110 valence electrons. The van der Waals surface area contributed by atoms with Crippen molar-refractivity contribution in [2.75, 3.05) is 32.7 Å². The minimum atomic E-state index is 0.703. The Hall–Kier alpha value is -0.900. The molecule has 2 fully saturated rings. The van der Waals surface area contributed by atoms with E-state index in [0.29, 0.717) is 6.04 Å². The van der Waals surface area contributed by atoms with Gasteiger partial charge in [-0.1, -0.05) is 30.3 Å². The van der Waals surface area contributed by atoms with Gasteiger partial charge in [-0.3, -0.25) is 9.80 Å². The Bertz CT molecular complexity index is 398. The molecule has 1 atom stereocenters. The van der Waals surface area contributed by atoms with E-state index < -0.39 is 0 Å². The van der Waals surface area contributed by atoms with Crippen molar-refractivity contribution in [2.45, 2.75) is 38.4 Å². The van der Waals surface area contributed by atoms with Crippen molar-refractivity contribution in [3.63, 3.8) is 0 Å². The fourth-order valence-corrected chi connectivity index (χ4v) is 3.65. The molecule has 0 bridgehead atoms. The van der Waals surface area contributed by atoms with E-state index in [1.165, 1.54) is 38.0 Å². The molecule has 2 saturated heterocycles. The minimum absolute atomic E-state index is 0.703. The number of hydrogen-bond acceptors (Lipinski definition) is 3. The van der Waals surface area contributed by atoms with Gasteiger partial charge in [0.15, 0.2) is 0 Å². The number of hydrogen-bond donors (Lipinski definition) is 1. The van der Waals surface area contributed by atoms with Gasteiger partial charge in [0.2, 0.25) is 0 Å². The highest BCUT2D eigenvalue weighted by atomic mass is 15.3. The number of benzene rings is 1. The summed E-state index contributed by atoms with van der Waals surface area (Å²) in [5, 5.41) is 3.49. The van der Waals surface area contributed by atoms with Crippen LogP contribution in [0.3, 0.4) is 0 Å². The van der Waals surface area contributed by atoms with Gasteiger partial charge in [0.1, 0.15) is 0 Å². The molecular formula is C17H27N3. The molecule has 2 heterocycles. The van der Waals surface area contributed by atoms with Crippen LogP contribution in [0, 0.1) is 0 Å². The first-order chi connectivity index (χ1) is 9.83. The van der Waals surface area contributed by atoms with Gasteiger partial charge < -0.3 is 5.32 Å². The molecular weight excluding hydrogens is 246 g/mol. The molecule has 1 unspecified atom stereocenters. The van der Waals surface area contributed by atoms with Gasteiger partial charge in [-0.15, -0.1) is 0 Å². The Labute approximate surface area is 123 Å². The molecule has 3 rings (SSSR count). The molecule has 0 radical (unpaired) electrons. The number of nitrogens with zero attached hydrogens (tertiary/aromatic N) is 2. The molecule has 0 aromatic heterocycles. The van der Waals surface area contributed by atoms with Crippen molar-refractivity contribution in [2.24, 2.45) is 0 Å². The van der Waals surface area contributed by atoms with Crippen molar-refractivity contribution < 1.29 is 0 Å². The van der Waals surface area contributed by atoms with Crippen LogP contribution >= 0.6 is 0 Å². The lowest BCUT2D eigenvalue weighted by atomic mass is 10.00. The van der Waals surface area contributed by atoms with Gasteiger partial charge in [0, 0.05) is 38.3 Å². The summed E-state index contributed by atoms with van der Waals surface area (Å²) in [6.45, 7) is 9.52. The summed E-state index contributed by atoms with van der Waals surface area (Å²) in [6.07, 6.45) is 2.66. The molecule has 0 spiro atoms. The maximum Gasteiger partial charge on any atom is 0.0233 e. The third-order valence-corrected chi connectivity index (χ3v) is 4.83. The third-order valence-electron chi connectivity index (χ3n) is 4.83. The van der Waals surface area contributed by atoms with E-state index in [2.05, 4.69) is 52.4 Å². The zero-order valence-electron chi connectivity index (χ0n) is 12.6. The van der Waals surface area contributed by atoms with Gasteiger partial charge in [0.05, 0.1) is 0 Å². The standard InChI is InChI=1S/C17H27N3/c1-15-13-18-9-12-20(15)17-7-10-19(11-8-17)14-16-5-3-2-4-6-16/h2-6,15,17-18H,7-14H2,1H3. The predicted molar refractivity (Wildman–Crippen MR) is 83.8 cm³/mol. The Balaban J connectivity index is 1.49. The van der Waals surface area contributed by atoms with Crippen LogP contribution in [0.25, 0.3) is 0 Å². The second-order valence-corrected chi connectivity index (χ2v) is 6.28. The Morgan fingerprint density at radius 2 is 1.85 bits per heavy atom. The predicted octanol–water partition coefficient (Wildman–Crippen LogP) is 1.94. The fraction of sp³-hybridized carbons (Fsp3) is 0.647. The smallest absolute Gasteiger partial charge is 0.0233 e. The molecule has 1 aromatic rings. The van der Waals surface area contributed by atoms with E-state index in [1.54, 1.807) is 0 Å². The maximum absolute atomic E-state index is 3.49. The molecule has 2 aliphatic heterocycles. The number of piperazine rings is 1. The van der Waals surface area contributed by atoms with E-state index in [1.807, 2.05) is 0 Å².